The summed E-state index contributed by atoms with van der Waals surface area (Å²) in [6, 6.07) is 21.4. The number of halogens is 1. The molecule has 0 amide bonds. The maximum atomic E-state index is 3.61. The van der Waals surface area contributed by atoms with Crippen molar-refractivity contribution >= 4 is 30.9 Å². The highest BCUT2D eigenvalue weighted by atomic mass is 35.5. The molecule has 2 aromatic carbocycles. The molecule has 0 saturated carbocycles. The van der Waals surface area contributed by atoms with Crippen LogP contribution in [0.15, 0.2) is 60.7 Å². The van der Waals surface area contributed by atoms with Gasteiger partial charge in [-0.2, -0.15) is 0 Å². The van der Waals surface area contributed by atoms with E-state index in [2.05, 4.69) is 97.7 Å². The lowest BCUT2D eigenvalue weighted by molar-refractivity contribution is 0.464. The number of rotatable bonds is 3. The van der Waals surface area contributed by atoms with Gasteiger partial charge in [0.05, 0.1) is 6.54 Å². The Morgan fingerprint density at radius 3 is 1.67 bits per heavy atom. The van der Waals surface area contributed by atoms with Crippen molar-refractivity contribution in [3.05, 3.63) is 60.7 Å². The van der Waals surface area contributed by atoms with Gasteiger partial charge in [-0.3, -0.25) is 4.90 Å². The van der Waals surface area contributed by atoms with Crippen LogP contribution in [0.4, 0.5) is 0 Å². The van der Waals surface area contributed by atoms with Gasteiger partial charge >= 0.3 is 0 Å². The molecule has 0 aliphatic heterocycles. The Balaban J connectivity index is 0.00000220. The minimum Gasteiger partial charge on any atom is -0.299 e. The third-order valence-corrected chi connectivity index (χ3v) is 7.09. The third kappa shape index (κ3) is 4.47. The summed E-state index contributed by atoms with van der Waals surface area (Å²) in [7, 11) is 2.15. The van der Waals surface area contributed by atoms with Gasteiger partial charge < -0.3 is 0 Å². The normalized spacial score (nSPS) is 10.5. The van der Waals surface area contributed by atoms with E-state index in [1.54, 1.807) is 0 Å². The lowest BCUT2D eigenvalue weighted by Gasteiger charge is -2.22. The van der Waals surface area contributed by atoms with E-state index in [4.69, 9.17) is 0 Å². The highest BCUT2D eigenvalue weighted by molar-refractivity contribution is 7.07. The second-order valence-electron chi connectivity index (χ2n) is 5.40. The smallest absolute Gasteiger partial charge is 0.196 e. The van der Waals surface area contributed by atoms with Crippen LogP contribution in [0.3, 0.4) is 0 Å². The van der Waals surface area contributed by atoms with Gasteiger partial charge in [0.25, 0.3) is 0 Å². The summed E-state index contributed by atoms with van der Waals surface area (Å²) in [5.41, 5.74) is 3.61. The minimum atomic E-state index is -1.96. The van der Waals surface area contributed by atoms with E-state index in [0.717, 1.165) is 6.54 Å². The molecule has 0 aliphatic rings. The molecule has 21 heavy (non-hydrogen) atoms. The van der Waals surface area contributed by atoms with E-state index in [-0.39, 0.29) is 12.4 Å². The minimum absolute atomic E-state index is 0. The highest BCUT2D eigenvalue weighted by Crippen LogP contribution is 2.04. The number of benzene rings is 2. The molecule has 0 spiro atoms. The van der Waals surface area contributed by atoms with Gasteiger partial charge in [0.15, 0.2) is 8.07 Å². The molecule has 1 nitrogen and oxygen atoms in total. The lowest BCUT2D eigenvalue weighted by Crippen LogP contribution is -2.54. The second kappa shape index (κ2) is 8.04. The molecule has 0 unspecified atom stereocenters. The van der Waals surface area contributed by atoms with Crippen molar-refractivity contribution in [1.82, 2.24) is 4.90 Å². The first-order valence-electron chi connectivity index (χ1n) is 6.89. The molecule has 0 bridgehead atoms. The summed E-state index contributed by atoms with van der Waals surface area (Å²) < 4.78 is 0. The molecule has 110 valence electrons. The van der Waals surface area contributed by atoms with Crippen molar-refractivity contribution in [2.75, 3.05) is 20.6 Å². The molecule has 0 aromatic heterocycles. The van der Waals surface area contributed by atoms with Crippen molar-refractivity contribution in [2.24, 2.45) is 0 Å². The largest absolute Gasteiger partial charge is 0.299 e. The van der Waals surface area contributed by atoms with Crippen molar-refractivity contribution < 1.29 is 0 Å². The summed E-state index contributed by atoms with van der Waals surface area (Å²) >= 11 is 0. The van der Waals surface area contributed by atoms with Crippen LogP contribution in [0.5, 0.6) is 0 Å². The molecular weight excluding hydrogens is 294 g/mol. The van der Waals surface area contributed by atoms with Gasteiger partial charge in [0, 0.05) is 0 Å². The van der Waals surface area contributed by atoms with Gasteiger partial charge in [-0.15, -0.1) is 18.0 Å². The summed E-state index contributed by atoms with van der Waals surface area (Å²) in [5, 5.41) is 2.75. The molecule has 3 heteroatoms. The molecule has 0 aliphatic carbocycles. The van der Waals surface area contributed by atoms with Crippen LogP contribution in [0.2, 0.25) is 6.55 Å². The van der Waals surface area contributed by atoms with Crippen molar-refractivity contribution in [1.29, 1.82) is 0 Å². The molecule has 0 fully saturated rings. The SMILES string of the molecule is CN(C)CC#C[Si](C)(c1ccccc1)c1ccccc1.Cl. The Labute approximate surface area is 135 Å². The summed E-state index contributed by atoms with van der Waals surface area (Å²) in [6.07, 6.45) is 0. The number of hydrogen-bond acceptors (Lipinski definition) is 1. The molecule has 2 rings (SSSR count). The Morgan fingerprint density at radius 2 is 1.29 bits per heavy atom. The standard InChI is InChI=1S/C18H21NSi.ClH/c1-19(2)15-10-16-20(3,17-11-6-4-7-12-17)18-13-8-5-9-14-18;/h4-9,11-14H,15H2,1-3H3;1H. The summed E-state index contributed by atoms with van der Waals surface area (Å²) in [4.78, 5) is 2.11. The summed E-state index contributed by atoms with van der Waals surface area (Å²) in [6.45, 7) is 3.14. The highest BCUT2D eigenvalue weighted by Gasteiger charge is 2.29. The zero-order chi connectivity index (χ0) is 14.4. The lowest BCUT2D eigenvalue weighted by atomic mass is 10.4. The molecular formula is C18H22ClNSi. The Hall–Kier alpha value is -1.53. The van der Waals surface area contributed by atoms with Gasteiger partial charge in [0.2, 0.25) is 0 Å². The average Bonchev–Trinajstić information content (AvgIpc) is 2.48. The second-order valence-corrected chi connectivity index (χ2v) is 9.05. The Bertz CT molecular complexity index is 560. The molecule has 0 N–H and O–H groups in total. The maximum absolute atomic E-state index is 3.61. The fourth-order valence-corrected chi connectivity index (χ4v) is 5.00. The fraction of sp³-hybridized carbons (Fsp3) is 0.222. The predicted molar refractivity (Wildman–Crippen MR) is 97.3 cm³/mol. The molecule has 0 atom stereocenters. The molecule has 0 heterocycles. The zero-order valence-electron chi connectivity index (χ0n) is 12.8. The topological polar surface area (TPSA) is 3.24 Å². The van der Waals surface area contributed by atoms with Crippen LogP contribution in [0.25, 0.3) is 0 Å². The van der Waals surface area contributed by atoms with Crippen LogP contribution in [0.1, 0.15) is 0 Å². The van der Waals surface area contributed by atoms with Crippen LogP contribution in [-0.2, 0) is 0 Å². The van der Waals surface area contributed by atoms with Gasteiger partial charge in [-0.1, -0.05) is 73.1 Å². The molecule has 0 radical (unpaired) electrons. The predicted octanol–water partition coefficient (Wildman–Crippen LogP) is 2.41. The first kappa shape index (κ1) is 17.5. The van der Waals surface area contributed by atoms with Crippen LogP contribution >= 0.6 is 12.4 Å². The molecule has 0 saturated heterocycles. The third-order valence-electron chi connectivity index (χ3n) is 3.44. The van der Waals surface area contributed by atoms with Crippen molar-refractivity contribution in [2.45, 2.75) is 6.55 Å². The maximum Gasteiger partial charge on any atom is 0.196 e. The van der Waals surface area contributed by atoms with Crippen molar-refractivity contribution in [3.63, 3.8) is 0 Å². The van der Waals surface area contributed by atoms with Crippen LogP contribution < -0.4 is 10.4 Å². The Kier molecular flexibility index (Phi) is 6.71. The van der Waals surface area contributed by atoms with E-state index in [1.165, 1.54) is 10.4 Å². The quantitative estimate of drug-likeness (QED) is 0.621. The summed E-state index contributed by atoms with van der Waals surface area (Å²) in [5.74, 6) is 3.36. The van der Waals surface area contributed by atoms with E-state index in [1.807, 2.05) is 0 Å². The van der Waals surface area contributed by atoms with E-state index in [0.29, 0.717) is 0 Å². The molecule has 2 aromatic rings. The van der Waals surface area contributed by atoms with E-state index in [9.17, 15) is 0 Å². The number of nitrogens with zero attached hydrogens (tertiary/aromatic N) is 1. The van der Waals surface area contributed by atoms with Crippen LogP contribution in [-0.4, -0.2) is 33.6 Å². The van der Waals surface area contributed by atoms with Gasteiger partial charge in [-0.25, -0.2) is 0 Å². The average molecular weight is 316 g/mol. The number of hydrogen-bond donors (Lipinski definition) is 0. The first-order chi connectivity index (χ1) is 9.63. The van der Waals surface area contributed by atoms with Crippen LogP contribution in [0, 0.1) is 11.5 Å². The van der Waals surface area contributed by atoms with E-state index >= 15 is 0 Å². The van der Waals surface area contributed by atoms with Crippen molar-refractivity contribution in [3.8, 4) is 11.5 Å². The zero-order valence-corrected chi connectivity index (χ0v) is 14.7. The Morgan fingerprint density at radius 1 is 0.857 bits per heavy atom. The van der Waals surface area contributed by atoms with Gasteiger partial charge in [-0.05, 0) is 24.5 Å². The monoisotopic (exact) mass is 315 g/mol. The van der Waals surface area contributed by atoms with Gasteiger partial charge in [0.1, 0.15) is 0 Å². The van der Waals surface area contributed by atoms with E-state index < -0.39 is 8.07 Å². The first-order valence-corrected chi connectivity index (χ1v) is 9.39. The fourth-order valence-electron chi connectivity index (χ4n) is 2.23.